The first-order chi connectivity index (χ1) is 11.0. The summed E-state index contributed by atoms with van der Waals surface area (Å²) in [5, 5.41) is 1.45. The van der Waals surface area contributed by atoms with Gasteiger partial charge in [-0.3, -0.25) is 4.79 Å². The average Bonchev–Trinajstić information content (AvgIpc) is 2.47. The third kappa shape index (κ3) is 6.84. The van der Waals surface area contributed by atoms with Gasteiger partial charge in [0.2, 0.25) is 0 Å². The lowest BCUT2D eigenvalue weighted by Crippen LogP contribution is -2.59. The van der Waals surface area contributed by atoms with Crippen LogP contribution in [0.2, 0.25) is 0 Å². The normalized spacial score (nSPS) is 13.2. The zero-order valence-electron chi connectivity index (χ0n) is 13.6. The first kappa shape index (κ1) is 23.0. The van der Waals surface area contributed by atoms with E-state index in [4.69, 9.17) is 0 Å². The van der Waals surface area contributed by atoms with E-state index in [1.54, 1.807) is 0 Å². The van der Waals surface area contributed by atoms with E-state index in [1.165, 1.54) is 11.7 Å². The van der Waals surface area contributed by atoms with E-state index in [0.29, 0.717) is 6.42 Å². The van der Waals surface area contributed by atoms with Gasteiger partial charge in [-0.15, -0.1) is 0 Å². The number of halogens is 7. The minimum absolute atomic E-state index is 0.244. The summed E-state index contributed by atoms with van der Waals surface area (Å²) in [5.41, 5.74) is 0. The molecule has 0 aromatic carbocycles. The van der Waals surface area contributed by atoms with E-state index in [2.05, 4.69) is 6.92 Å². The zero-order chi connectivity index (χ0) is 18.9. The maximum absolute atomic E-state index is 13.0. The van der Waals surface area contributed by atoms with Crippen molar-refractivity contribution in [1.82, 2.24) is 5.32 Å². The average molecular weight is 367 g/mol. The van der Waals surface area contributed by atoms with Gasteiger partial charge in [-0.25, -0.2) is 0 Å². The second-order valence-corrected chi connectivity index (χ2v) is 5.73. The number of nitrogens with one attached hydrogen (secondary N) is 1. The molecule has 0 fully saturated rings. The molecule has 0 unspecified atom stereocenters. The summed E-state index contributed by atoms with van der Waals surface area (Å²) in [6, 6.07) is 0. The van der Waals surface area contributed by atoms with E-state index in [1.807, 2.05) is 0 Å². The van der Waals surface area contributed by atoms with Crippen LogP contribution >= 0.6 is 0 Å². The molecule has 9 heteroatoms. The van der Waals surface area contributed by atoms with Gasteiger partial charge in [-0.1, -0.05) is 58.3 Å². The van der Waals surface area contributed by atoms with E-state index in [9.17, 15) is 35.5 Å². The monoisotopic (exact) mass is 367 g/mol. The van der Waals surface area contributed by atoms with Crippen LogP contribution in [-0.4, -0.2) is 30.5 Å². The molecule has 0 aromatic heterocycles. The van der Waals surface area contributed by atoms with Gasteiger partial charge in [0.15, 0.2) is 0 Å². The molecular formula is C15H24F7NO. The van der Waals surface area contributed by atoms with Gasteiger partial charge in [-0.05, 0) is 6.42 Å². The molecule has 1 N–H and O–H groups in total. The third-order valence-electron chi connectivity index (χ3n) is 3.60. The summed E-state index contributed by atoms with van der Waals surface area (Å²) in [5.74, 6) is -14.8. The Kier molecular flexibility index (Phi) is 9.65. The van der Waals surface area contributed by atoms with Crippen LogP contribution in [-0.2, 0) is 4.79 Å². The molecule has 0 rings (SSSR count). The Balaban J connectivity index is 3.98. The SMILES string of the molecule is CCCCCCCCCCCNC(=O)C(F)(F)C(F)(F)C(F)(F)F. The summed E-state index contributed by atoms with van der Waals surface area (Å²) in [6.07, 6.45) is 1.63. The molecular weight excluding hydrogens is 343 g/mol. The van der Waals surface area contributed by atoms with Crippen molar-refractivity contribution in [2.24, 2.45) is 0 Å². The highest BCUT2D eigenvalue weighted by Crippen LogP contribution is 2.46. The fraction of sp³-hybridized carbons (Fsp3) is 0.933. The number of amides is 1. The second-order valence-electron chi connectivity index (χ2n) is 5.73. The Bertz CT molecular complexity index is 369. The van der Waals surface area contributed by atoms with Gasteiger partial charge in [0.1, 0.15) is 0 Å². The summed E-state index contributed by atoms with van der Waals surface area (Å²) in [6.45, 7) is 1.74. The van der Waals surface area contributed by atoms with Crippen molar-refractivity contribution in [2.45, 2.75) is 82.7 Å². The summed E-state index contributed by atoms with van der Waals surface area (Å²) >= 11 is 0. The molecule has 24 heavy (non-hydrogen) atoms. The quantitative estimate of drug-likeness (QED) is 0.360. The molecule has 1 amide bonds. The maximum atomic E-state index is 13.0. The van der Waals surface area contributed by atoms with E-state index in [0.717, 1.165) is 38.5 Å². The molecule has 0 aliphatic heterocycles. The first-order valence-electron chi connectivity index (χ1n) is 8.09. The molecule has 0 aliphatic carbocycles. The highest BCUT2D eigenvalue weighted by molar-refractivity contribution is 5.84. The van der Waals surface area contributed by atoms with Crippen LogP contribution in [0.5, 0.6) is 0 Å². The minimum Gasteiger partial charge on any atom is -0.351 e. The van der Waals surface area contributed by atoms with Crippen LogP contribution < -0.4 is 5.32 Å². The third-order valence-corrected chi connectivity index (χ3v) is 3.60. The van der Waals surface area contributed by atoms with Crippen LogP contribution in [0.15, 0.2) is 0 Å². The van der Waals surface area contributed by atoms with Crippen LogP contribution in [0, 0.1) is 0 Å². The van der Waals surface area contributed by atoms with Gasteiger partial charge in [0, 0.05) is 6.54 Å². The minimum atomic E-state index is -6.49. The number of alkyl halides is 7. The summed E-state index contributed by atoms with van der Waals surface area (Å²) in [7, 11) is 0. The summed E-state index contributed by atoms with van der Waals surface area (Å²) in [4.78, 5) is 11.0. The number of carbonyl (C=O) groups is 1. The predicted molar refractivity (Wildman–Crippen MR) is 76.2 cm³/mol. The van der Waals surface area contributed by atoms with Gasteiger partial charge in [0.25, 0.3) is 5.91 Å². The van der Waals surface area contributed by atoms with Gasteiger partial charge in [0.05, 0.1) is 0 Å². The number of carbonyl (C=O) groups excluding carboxylic acids is 1. The van der Waals surface area contributed by atoms with Crippen LogP contribution in [0.3, 0.4) is 0 Å². The molecule has 0 spiro atoms. The van der Waals surface area contributed by atoms with Crippen molar-refractivity contribution in [3.05, 3.63) is 0 Å². The highest BCUT2D eigenvalue weighted by atomic mass is 19.4. The van der Waals surface area contributed by atoms with Crippen molar-refractivity contribution in [2.75, 3.05) is 6.54 Å². The van der Waals surface area contributed by atoms with Gasteiger partial charge in [-0.2, -0.15) is 30.7 Å². The lowest BCUT2D eigenvalue weighted by atomic mass is 10.1. The van der Waals surface area contributed by atoms with Crippen molar-refractivity contribution >= 4 is 5.91 Å². The fourth-order valence-electron chi connectivity index (χ4n) is 2.07. The number of hydrogen-bond acceptors (Lipinski definition) is 1. The lowest BCUT2D eigenvalue weighted by molar-refractivity contribution is -0.344. The molecule has 0 saturated heterocycles. The van der Waals surface area contributed by atoms with Crippen LogP contribution in [0.1, 0.15) is 64.7 Å². The van der Waals surface area contributed by atoms with E-state index >= 15 is 0 Å². The Morgan fingerprint density at radius 2 is 1.17 bits per heavy atom. The smallest absolute Gasteiger partial charge is 0.351 e. The van der Waals surface area contributed by atoms with E-state index < -0.39 is 23.9 Å². The molecule has 0 saturated carbocycles. The number of hydrogen-bond donors (Lipinski definition) is 1. The van der Waals surface area contributed by atoms with Crippen LogP contribution in [0.4, 0.5) is 30.7 Å². The molecule has 0 bridgehead atoms. The van der Waals surface area contributed by atoms with Crippen molar-refractivity contribution < 1.29 is 35.5 Å². The molecule has 0 aromatic rings. The Labute approximate surface area is 137 Å². The molecule has 0 radical (unpaired) electrons. The molecule has 144 valence electrons. The zero-order valence-corrected chi connectivity index (χ0v) is 13.6. The summed E-state index contributed by atoms with van der Waals surface area (Å²) < 4.78 is 87.0. The largest absolute Gasteiger partial charge is 0.460 e. The first-order valence-corrected chi connectivity index (χ1v) is 8.09. The highest BCUT2D eigenvalue weighted by Gasteiger charge is 2.76. The number of unbranched alkanes of at least 4 members (excludes halogenated alkanes) is 8. The van der Waals surface area contributed by atoms with Crippen molar-refractivity contribution in [3.8, 4) is 0 Å². The lowest BCUT2D eigenvalue weighted by Gasteiger charge is -2.27. The standard InChI is InChI=1S/C15H24F7NO/c1-2-3-4-5-6-7-8-9-10-11-23-12(24)13(16,17)14(18,19)15(20,21)22/h2-11H2,1H3,(H,23,24). The van der Waals surface area contributed by atoms with Crippen molar-refractivity contribution in [3.63, 3.8) is 0 Å². The van der Waals surface area contributed by atoms with Gasteiger partial charge < -0.3 is 5.32 Å². The molecule has 2 nitrogen and oxygen atoms in total. The Hall–Kier alpha value is -1.02. The topological polar surface area (TPSA) is 29.1 Å². The van der Waals surface area contributed by atoms with Crippen LogP contribution in [0.25, 0.3) is 0 Å². The maximum Gasteiger partial charge on any atom is 0.460 e. The molecule has 0 atom stereocenters. The Morgan fingerprint density at radius 3 is 1.58 bits per heavy atom. The molecule has 0 aliphatic rings. The van der Waals surface area contributed by atoms with Crippen molar-refractivity contribution in [1.29, 1.82) is 0 Å². The van der Waals surface area contributed by atoms with Gasteiger partial charge >= 0.3 is 18.0 Å². The Morgan fingerprint density at radius 1 is 0.750 bits per heavy atom. The second kappa shape index (κ2) is 10.1. The van der Waals surface area contributed by atoms with E-state index in [-0.39, 0.29) is 13.0 Å². The predicted octanol–water partition coefficient (Wildman–Crippen LogP) is 5.47. The number of rotatable bonds is 12. The fourth-order valence-corrected chi connectivity index (χ4v) is 2.07. The molecule has 0 heterocycles.